The lowest BCUT2D eigenvalue weighted by atomic mass is 9.71. The summed E-state index contributed by atoms with van der Waals surface area (Å²) in [7, 11) is 0. The van der Waals surface area contributed by atoms with E-state index in [1.807, 2.05) is 12.1 Å². The fourth-order valence-electron chi connectivity index (χ4n) is 4.31. The summed E-state index contributed by atoms with van der Waals surface area (Å²) in [5, 5.41) is 0. The summed E-state index contributed by atoms with van der Waals surface area (Å²) in [5.41, 5.74) is 7.75. The van der Waals surface area contributed by atoms with Crippen LogP contribution in [0.3, 0.4) is 0 Å². The molecule has 1 aromatic carbocycles. The van der Waals surface area contributed by atoms with Gasteiger partial charge in [-0.25, -0.2) is 0 Å². The van der Waals surface area contributed by atoms with Gasteiger partial charge in [0, 0.05) is 0 Å². The Bertz CT molecular complexity index is 480. The third kappa shape index (κ3) is 1.13. The van der Waals surface area contributed by atoms with E-state index in [-0.39, 0.29) is 5.91 Å². The maximum atomic E-state index is 12.1. The number of rotatable bonds is 2. The van der Waals surface area contributed by atoms with E-state index in [2.05, 4.69) is 26.0 Å². The van der Waals surface area contributed by atoms with Gasteiger partial charge in [0.2, 0.25) is 5.91 Å². The molecule has 2 heteroatoms. The summed E-state index contributed by atoms with van der Waals surface area (Å²) >= 11 is 0. The van der Waals surface area contributed by atoms with Crippen LogP contribution in [-0.2, 0) is 10.2 Å². The first kappa shape index (κ1) is 10.8. The van der Waals surface area contributed by atoms with Crippen LogP contribution < -0.4 is 5.73 Å². The van der Waals surface area contributed by atoms with Crippen molar-refractivity contribution in [2.24, 2.45) is 17.6 Å². The molecular formula is C15H18NO. The molecular weight excluding hydrogens is 210 g/mol. The lowest BCUT2D eigenvalue weighted by molar-refractivity contribution is -0.125. The maximum Gasteiger partial charge on any atom is 0.228 e. The Balaban J connectivity index is 2.24. The zero-order chi connectivity index (χ0) is 12.2. The van der Waals surface area contributed by atoms with Crippen molar-refractivity contribution in [3.05, 3.63) is 35.4 Å². The van der Waals surface area contributed by atoms with Crippen molar-refractivity contribution in [3.8, 4) is 0 Å². The molecule has 2 bridgehead atoms. The van der Waals surface area contributed by atoms with Crippen LogP contribution in [-0.4, -0.2) is 5.91 Å². The smallest absolute Gasteiger partial charge is 0.228 e. The Morgan fingerprint density at radius 1 is 1.59 bits per heavy atom. The van der Waals surface area contributed by atoms with E-state index >= 15 is 0 Å². The zero-order valence-electron chi connectivity index (χ0n) is 10.4. The summed E-state index contributed by atoms with van der Waals surface area (Å²) in [6.07, 6.45) is 2.00. The number of hydrogen-bond donors (Lipinski definition) is 1. The molecule has 89 valence electrons. The Hall–Kier alpha value is -1.31. The highest BCUT2D eigenvalue weighted by atomic mass is 16.1. The zero-order valence-corrected chi connectivity index (χ0v) is 10.4. The van der Waals surface area contributed by atoms with Crippen LogP contribution in [0.5, 0.6) is 0 Å². The Kier molecular flexibility index (Phi) is 2.13. The minimum absolute atomic E-state index is 0.142. The van der Waals surface area contributed by atoms with E-state index in [9.17, 15) is 4.79 Å². The van der Waals surface area contributed by atoms with Gasteiger partial charge in [-0.2, -0.15) is 0 Å². The minimum Gasteiger partial charge on any atom is -0.369 e. The van der Waals surface area contributed by atoms with Crippen molar-refractivity contribution >= 4 is 5.91 Å². The quantitative estimate of drug-likeness (QED) is 0.829. The van der Waals surface area contributed by atoms with Crippen molar-refractivity contribution in [2.45, 2.75) is 38.0 Å². The Morgan fingerprint density at radius 2 is 2.35 bits per heavy atom. The minimum atomic E-state index is -0.411. The lowest BCUT2D eigenvalue weighted by Gasteiger charge is -2.32. The van der Waals surface area contributed by atoms with Crippen molar-refractivity contribution in [1.82, 2.24) is 0 Å². The van der Waals surface area contributed by atoms with E-state index in [1.54, 1.807) is 0 Å². The molecule has 1 amide bonds. The summed E-state index contributed by atoms with van der Waals surface area (Å²) in [4.78, 5) is 12.1. The van der Waals surface area contributed by atoms with E-state index in [4.69, 9.17) is 5.73 Å². The largest absolute Gasteiger partial charge is 0.369 e. The monoisotopic (exact) mass is 228 g/mol. The molecule has 2 N–H and O–H groups in total. The van der Waals surface area contributed by atoms with Gasteiger partial charge in [0.15, 0.2) is 0 Å². The van der Waals surface area contributed by atoms with Gasteiger partial charge in [0.05, 0.1) is 5.41 Å². The molecule has 2 nitrogen and oxygen atoms in total. The number of amides is 1. The lowest BCUT2D eigenvalue weighted by Crippen LogP contribution is -2.44. The average molecular weight is 228 g/mol. The van der Waals surface area contributed by atoms with E-state index < -0.39 is 5.41 Å². The van der Waals surface area contributed by atoms with Crippen LogP contribution in [0.15, 0.2) is 18.2 Å². The number of carbonyl (C=O) groups is 1. The molecule has 0 aromatic heterocycles. The van der Waals surface area contributed by atoms with E-state index in [0.29, 0.717) is 17.8 Å². The molecule has 17 heavy (non-hydrogen) atoms. The van der Waals surface area contributed by atoms with Gasteiger partial charge in [-0.1, -0.05) is 32.0 Å². The van der Waals surface area contributed by atoms with Crippen LogP contribution in [0.25, 0.3) is 0 Å². The van der Waals surface area contributed by atoms with Crippen LogP contribution in [0.4, 0.5) is 0 Å². The van der Waals surface area contributed by atoms with Crippen molar-refractivity contribution in [3.63, 3.8) is 0 Å². The van der Waals surface area contributed by atoms with E-state index in [0.717, 1.165) is 18.4 Å². The highest BCUT2D eigenvalue weighted by molar-refractivity contribution is 5.90. The third-order valence-corrected chi connectivity index (χ3v) is 4.75. The van der Waals surface area contributed by atoms with Crippen molar-refractivity contribution < 1.29 is 4.79 Å². The molecule has 0 saturated heterocycles. The number of benzene rings is 1. The summed E-state index contributed by atoms with van der Waals surface area (Å²) < 4.78 is 0. The molecule has 2 aliphatic rings. The predicted octanol–water partition coefficient (Wildman–Crippen LogP) is 2.37. The summed E-state index contributed by atoms with van der Waals surface area (Å²) in [5.74, 6) is 1.19. The summed E-state index contributed by atoms with van der Waals surface area (Å²) in [6, 6.07) is 9.34. The van der Waals surface area contributed by atoms with Crippen molar-refractivity contribution in [1.29, 1.82) is 0 Å². The molecule has 1 fully saturated rings. The second-order valence-corrected chi connectivity index (χ2v) is 5.75. The molecule has 3 rings (SSSR count). The number of hydrogen-bond acceptors (Lipinski definition) is 1. The van der Waals surface area contributed by atoms with E-state index in [1.165, 1.54) is 5.56 Å². The number of nitrogens with two attached hydrogens (primary N) is 1. The first-order chi connectivity index (χ1) is 8.09. The van der Waals surface area contributed by atoms with Gasteiger partial charge >= 0.3 is 0 Å². The first-order valence-electron chi connectivity index (χ1n) is 6.40. The number of primary amides is 1. The topological polar surface area (TPSA) is 43.1 Å². The third-order valence-electron chi connectivity index (χ3n) is 4.75. The normalized spacial score (nSPS) is 34.1. The molecule has 0 heterocycles. The number of carbonyl (C=O) groups excluding carboxylic acids is 1. The van der Waals surface area contributed by atoms with Crippen LogP contribution in [0, 0.1) is 17.9 Å². The molecule has 2 aliphatic carbocycles. The standard InChI is InChI=1S/C15H18NO/c1-9(2)13-11-7-8-15(13,14(16)17)12-6-4-3-5-10(11)12/h3-4,6,9,11,13H,7-8H2,1-2H3,(H2,16,17). The Morgan fingerprint density at radius 3 is 3.00 bits per heavy atom. The second-order valence-electron chi connectivity index (χ2n) is 5.75. The fourth-order valence-corrected chi connectivity index (χ4v) is 4.31. The highest BCUT2D eigenvalue weighted by Gasteiger charge is 2.60. The highest BCUT2D eigenvalue weighted by Crippen LogP contribution is 2.62. The average Bonchev–Trinajstić information content (AvgIpc) is 2.82. The van der Waals surface area contributed by atoms with Crippen LogP contribution >= 0.6 is 0 Å². The first-order valence-corrected chi connectivity index (χ1v) is 6.40. The fraction of sp³-hybridized carbons (Fsp3) is 0.533. The molecule has 3 unspecified atom stereocenters. The van der Waals surface area contributed by atoms with Gasteiger partial charge in [0.25, 0.3) is 0 Å². The molecule has 1 radical (unpaired) electrons. The molecule has 3 atom stereocenters. The molecule has 0 aliphatic heterocycles. The summed E-state index contributed by atoms with van der Waals surface area (Å²) in [6.45, 7) is 4.40. The van der Waals surface area contributed by atoms with Crippen LogP contribution in [0.1, 0.15) is 43.7 Å². The van der Waals surface area contributed by atoms with Gasteiger partial charge in [0.1, 0.15) is 0 Å². The van der Waals surface area contributed by atoms with Crippen molar-refractivity contribution in [2.75, 3.05) is 0 Å². The Labute approximate surface area is 102 Å². The molecule has 1 aromatic rings. The number of fused-ring (bicyclic) bond motifs is 5. The predicted molar refractivity (Wildman–Crippen MR) is 66.5 cm³/mol. The SMILES string of the molecule is CC(C)C1C2CCC1(C(N)=O)c1ccc[c]c12. The van der Waals surface area contributed by atoms with Gasteiger partial charge in [-0.15, -0.1) is 0 Å². The second kappa shape index (κ2) is 3.34. The molecule has 1 saturated carbocycles. The maximum absolute atomic E-state index is 12.1. The van der Waals surface area contributed by atoms with Gasteiger partial charge < -0.3 is 5.73 Å². The van der Waals surface area contributed by atoms with Crippen LogP contribution in [0.2, 0.25) is 0 Å². The van der Waals surface area contributed by atoms with Gasteiger partial charge in [-0.3, -0.25) is 4.79 Å². The van der Waals surface area contributed by atoms with Gasteiger partial charge in [-0.05, 0) is 47.8 Å². The molecule has 0 spiro atoms.